The Labute approximate surface area is 106 Å². The summed E-state index contributed by atoms with van der Waals surface area (Å²) < 4.78 is 10.0. The Hall–Kier alpha value is -1.62. The zero-order valence-electron chi connectivity index (χ0n) is 9.64. The zero-order valence-corrected chi connectivity index (χ0v) is 10.5. The highest BCUT2D eigenvalue weighted by Crippen LogP contribution is 2.14. The smallest absolute Gasteiger partial charge is 0.309 e. The van der Waals surface area contributed by atoms with Gasteiger partial charge in [0.15, 0.2) is 0 Å². The van der Waals surface area contributed by atoms with Crippen molar-refractivity contribution in [1.29, 1.82) is 0 Å². The summed E-state index contributed by atoms with van der Waals surface area (Å²) in [5.74, 6) is 0.424. The molecule has 0 saturated heterocycles. The fraction of sp³-hybridized carbons (Fsp3) is 0.333. The van der Waals surface area contributed by atoms with Crippen LogP contribution in [0.5, 0.6) is 5.75 Å². The normalized spacial score (nSPS) is 9.71. The van der Waals surface area contributed by atoms with E-state index in [0.29, 0.717) is 23.8 Å². The van der Waals surface area contributed by atoms with Gasteiger partial charge in [0.25, 0.3) is 0 Å². The first-order valence-corrected chi connectivity index (χ1v) is 5.59. The molecule has 5 heteroatoms. The van der Waals surface area contributed by atoms with Crippen LogP contribution >= 0.6 is 12.2 Å². The van der Waals surface area contributed by atoms with Gasteiger partial charge in [-0.25, -0.2) is 0 Å². The zero-order chi connectivity index (χ0) is 12.7. The lowest BCUT2D eigenvalue weighted by Crippen LogP contribution is -2.12. The standard InChI is InChI=1S/C12H15NO3S/c1-15-12(14)8-9-3-2-4-10(7-9)16-6-5-11(13)17/h2-4,7H,5-6,8H2,1H3,(H2,13,17). The van der Waals surface area contributed by atoms with Crippen molar-refractivity contribution in [2.75, 3.05) is 13.7 Å². The molecule has 0 spiro atoms. The summed E-state index contributed by atoms with van der Waals surface area (Å²) >= 11 is 4.75. The number of thiocarbonyl (C=S) groups is 1. The summed E-state index contributed by atoms with van der Waals surface area (Å²) in [5, 5.41) is 0. The topological polar surface area (TPSA) is 61.5 Å². The molecule has 17 heavy (non-hydrogen) atoms. The van der Waals surface area contributed by atoms with E-state index in [1.165, 1.54) is 7.11 Å². The van der Waals surface area contributed by atoms with E-state index >= 15 is 0 Å². The third kappa shape index (κ3) is 5.31. The Kier molecular flexibility index (Phi) is 5.42. The Balaban J connectivity index is 2.53. The molecule has 0 aliphatic carbocycles. The number of esters is 1. The molecule has 0 saturated carbocycles. The number of ether oxygens (including phenoxy) is 2. The summed E-state index contributed by atoms with van der Waals surface area (Å²) in [5.41, 5.74) is 6.21. The van der Waals surface area contributed by atoms with Crippen LogP contribution in [0.3, 0.4) is 0 Å². The minimum absolute atomic E-state index is 0.239. The maximum Gasteiger partial charge on any atom is 0.309 e. The second-order valence-electron chi connectivity index (χ2n) is 3.47. The van der Waals surface area contributed by atoms with Gasteiger partial charge >= 0.3 is 5.97 Å². The molecule has 4 nitrogen and oxygen atoms in total. The van der Waals surface area contributed by atoms with Crippen molar-refractivity contribution in [2.45, 2.75) is 12.8 Å². The van der Waals surface area contributed by atoms with E-state index in [-0.39, 0.29) is 12.4 Å². The Bertz CT molecular complexity index is 406. The van der Waals surface area contributed by atoms with Crippen molar-refractivity contribution < 1.29 is 14.3 Å². The van der Waals surface area contributed by atoms with E-state index in [0.717, 1.165) is 5.56 Å². The van der Waals surface area contributed by atoms with Crippen molar-refractivity contribution in [2.24, 2.45) is 5.73 Å². The number of hydrogen-bond donors (Lipinski definition) is 1. The molecule has 1 aromatic carbocycles. The fourth-order valence-electron chi connectivity index (χ4n) is 1.25. The van der Waals surface area contributed by atoms with Crippen LogP contribution in [-0.2, 0) is 16.0 Å². The first-order valence-electron chi connectivity index (χ1n) is 5.18. The third-order valence-electron chi connectivity index (χ3n) is 2.09. The molecule has 0 amide bonds. The van der Waals surface area contributed by atoms with Gasteiger partial charge in [-0.15, -0.1) is 0 Å². The molecule has 0 aromatic heterocycles. The van der Waals surface area contributed by atoms with Crippen LogP contribution in [0.4, 0.5) is 0 Å². The average molecular weight is 253 g/mol. The molecule has 1 aromatic rings. The number of rotatable bonds is 6. The summed E-state index contributed by atoms with van der Waals surface area (Å²) in [6.45, 7) is 0.441. The molecule has 0 atom stereocenters. The monoisotopic (exact) mass is 253 g/mol. The molecular formula is C12H15NO3S. The number of carbonyl (C=O) groups excluding carboxylic acids is 1. The van der Waals surface area contributed by atoms with E-state index in [2.05, 4.69) is 4.74 Å². The Morgan fingerprint density at radius 1 is 1.47 bits per heavy atom. The van der Waals surface area contributed by atoms with Crippen molar-refractivity contribution in [1.82, 2.24) is 0 Å². The average Bonchev–Trinajstić information content (AvgIpc) is 2.29. The van der Waals surface area contributed by atoms with E-state index in [4.69, 9.17) is 22.7 Å². The van der Waals surface area contributed by atoms with Gasteiger partial charge in [0.1, 0.15) is 5.75 Å². The molecule has 0 unspecified atom stereocenters. The third-order valence-corrected chi connectivity index (χ3v) is 2.30. The molecule has 0 heterocycles. The molecule has 0 fully saturated rings. The number of methoxy groups -OCH3 is 1. The lowest BCUT2D eigenvalue weighted by molar-refractivity contribution is -0.139. The van der Waals surface area contributed by atoms with Gasteiger partial charge in [-0.05, 0) is 17.7 Å². The van der Waals surface area contributed by atoms with Gasteiger partial charge in [-0.2, -0.15) is 0 Å². The number of carbonyl (C=O) groups is 1. The lowest BCUT2D eigenvalue weighted by atomic mass is 10.1. The van der Waals surface area contributed by atoms with Gasteiger partial charge < -0.3 is 15.2 Å². The number of nitrogens with two attached hydrogens (primary N) is 1. The van der Waals surface area contributed by atoms with Crippen molar-refractivity contribution in [3.05, 3.63) is 29.8 Å². The largest absolute Gasteiger partial charge is 0.493 e. The quantitative estimate of drug-likeness (QED) is 0.614. The van der Waals surface area contributed by atoms with Crippen LogP contribution in [0.25, 0.3) is 0 Å². The Morgan fingerprint density at radius 3 is 2.88 bits per heavy atom. The molecular weight excluding hydrogens is 238 g/mol. The highest BCUT2D eigenvalue weighted by Gasteiger charge is 2.03. The Morgan fingerprint density at radius 2 is 2.24 bits per heavy atom. The van der Waals surface area contributed by atoms with Crippen LogP contribution in [0.2, 0.25) is 0 Å². The molecule has 2 N–H and O–H groups in total. The minimum atomic E-state index is -0.273. The highest BCUT2D eigenvalue weighted by molar-refractivity contribution is 7.80. The summed E-state index contributed by atoms with van der Waals surface area (Å²) in [6.07, 6.45) is 0.777. The van der Waals surface area contributed by atoms with Crippen LogP contribution in [0.1, 0.15) is 12.0 Å². The van der Waals surface area contributed by atoms with E-state index < -0.39 is 0 Å². The second-order valence-corrected chi connectivity index (χ2v) is 3.99. The maximum absolute atomic E-state index is 11.1. The summed E-state index contributed by atoms with van der Waals surface area (Å²) in [6, 6.07) is 7.29. The molecule has 0 radical (unpaired) electrons. The van der Waals surface area contributed by atoms with E-state index in [1.807, 2.05) is 18.2 Å². The van der Waals surface area contributed by atoms with Crippen LogP contribution in [0.15, 0.2) is 24.3 Å². The maximum atomic E-state index is 11.1. The van der Waals surface area contributed by atoms with E-state index in [1.54, 1.807) is 6.07 Å². The summed E-state index contributed by atoms with van der Waals surface area (Å²) in [4.78, 5) is 11.5. The van der Waals surface area contributed by atoms with Crippen LogP contribution in [-0.4, -0.2) is 24.7 Å². The molecule has 1 rings (SSSR count). The SMILES string of the molecule is COC(=O)Cc1cccc(OCCC(N)=S)c1. The first kappa shape index (κ1) is 13.4. The second kappa shape index (κ2) is 6.85. The predicted octanol–water partition coefficient (Wildman–Crippen LogP) is 1.46. The predicted molar refractivity (Wildman–Crippen MR) is 69.1 cm³/mol. The van der Waals surface area contributed by atoms with Crippen molar-refractivity contribution in [3.63, 3.8) is 0 Å². The van der Waals surface area contributed by atoms with Crippen molar-refractivity contribution in [3.8, 4) is 5.75 Å². The minimum Gasteiger partial charge on any atom is -0.493 e. The van der Waals surface area contributed by atoms with Gasteiger partial charge in [0.05, 0.1) is 25.1 Å². The summed E-state index contributed by atoms with van der Waals surface area (Å²) in [7, 11) is 1.37. The van der Waals surface area contributed by atoms with Gasteiger partial charge in [-0.3, -0.25) is 4.79 Å². The van der Waals surface area contributed by atoms with Gasteiger partial charge in [-0.1, -0.05) is 24.4 Å². The highest BCUT2D eigenvalue weighted by atomic mass is 32.1. The molecule has 0 aliphatic heterocycles. The van der Waals surface area contributed by atoms with Gasteiger partial charge in [0, 0.05) is 6.42 Å². The first-order chi connectivity index (χ1) is 8.11. The van der Waals surface area contributed by atoms with Crippen LogP contribution in [0, 0.1) is 0 Å². The fourth-order valence-corrected chi connectivity index (χ4v) is 1.34. The number of benzene rings is 1. The molecule has 0 aliphatic rings. The van der Waals surface area contributed by atoms with Crippen LogP contribution < -0.4 is 10.5 Å². The molecule has 92 valence electrons. The van der Waals surface area contributed by atoms with Crippen molar-refractivity contribution >= 4 is 23.2 Å². The number of hydrogen-bond acceptors (Lipinski definition) is 4. The lowest BCUT2D eigenvalue weighted by Gasteiger charge is -2.07. The van der Waals surface area contributed by atoms with E-state index in [9.17, 15) is 4.79 Å². The molecule has 0 bridgehead atoms. The van der Waals surface area contributed by atoms with Gasteiger partial charge in [0.2, 0.25) is 0 Å².